The molecule has 15 heavy (non-hydrogen) atoms. The van der Waals surface area contributed by atoms with Crippen LogP contribution in [0.25, 0.3) is 0 Å². The molecule has 2 unspecified atom stereocenters. The van der Waals surface area contributed by atoms with Crippen molar-refractivity contribution in [1.29, 1.82) is 0 Å². The fourth-order valence-corrected chi connectivity index (χ4v) is 1.85. The molecule has 0 saturated heterocycles. The highest BCUT2D eigenvalue weighted by Crippen LogP contribution is 2.24. The summed E-state index contributed by atoms with van der Waals surface area (Å²) in [5.74, 6) is 0.0170. The standard InChI is InChI=1S/C8H14N6O/c1-14-12-8(11-13-14)10-7(15)5-3-2-4-6(5)9/h5-6H,2-4,9H2,1H3,(H,10,12,15). The average molecular weight is 210 g/mol. The van der Waals surface area contributed by atoms with E-state index in [2.05, 4.69) is 20.7 Å². The number of carbonyl (C=O) groups is 1. The van der Waals surface area contributed by atoms with Crippen LogP contribution in [0.5, 0.6) is 0 Å². The van der Waals surface area contributed by atoms with Crippen LogP contribution < -0.4 is 11.1 Å². The van der Waals surface area contributed by atoms with Crippen LogP contribution >= 0.6 is 0 Å². The summed E-state index contributed by atoms with van der Waals surface area (Å²) in [5, 5.41) is 13.8. The van der Waals surface area contributed by atoms with Crippen molar-refractivity contribution in [2.45, 2.75) is 25.3 Å². The van der Waals surface area contributed by atoms with Gasteiger partial charge in [0.2, 0.25) is 5.91 Å². The highest BCUT2D eigenvalue weighted by Gasteiger charge is 2.30. The van der Waals surface area contributed by atoms with Crippen LogP contribution in [-0.2, 0) is 11.8 Å². The number of hydrogen-bond acceptors (Lipinski definition) is 5. The number of nitrogens with two attached hydrogens (primary N) is 1. The Morgan fingerprint density at radius 1 is 1.60 bits per heavy atom. The van der Waals surface area contributed by atoms with Crippen LogP contribution in [0.15, 0.2) is 0 Å². The maximum Gasteiger partial charge on any atom is 0.270 e. The molecule has 1 fully saturated rings. The maximum absolute atomic E-state index is 11.7. The average Bonchev–Trinajstić information content (AvgIpc) is 2.75. The summed E-state index contributed by atoms with van der Waals surface area (Å²) in [6, 6.07) is -0.0401. The van der Waals surface area contributed by atoms with Crippen LogP contribution in [0.1, 0.15) is 19.3 Å². The smallest absolute Gasteiger partial charge is 0.270 e. The van der Waals surface area contributed by atoms with Gasteiger partial charge in [0.15, 0.2) is 0 Å². The normalized spacial score (nSPS) is 25.5. The minimum Gasteiger partial charge on any atom is -0.327 e. The Morgan fingerprint density at radius 2 is 2.40 bits per heavy atom. The van der Waals surface area contributed by atoms with Crippen molar-refractivity contribution in [3.8, 4) is 0 Å². The number of aromatic nitrogens is 4. The first kappa shape index (κ1) is 10.0. The van der Waals surface area contributed by atoms with Crippen LogP contribution in [-0.4, -0.2) is 32.2 Å². The number of amides is 1. The third-order valence-electron chi connectivity index (χ3n) is 2.65. The van der Waals surface area contributed by atoms with E-state index in [0.717, 1.165) is 19.3 Å². The molecule has 0 bridgehead atoms. The van der Waals surface area contributed by atoms with Crippen molar-refractivity contribution in [2.24, 2.45) is 18.7 Å². The molecular weight excluding hydrogens is 196 g/mol. The molecular formula is C8H14N6O. The number of aryl methyl sites for hydroxylation is 1. The first-order valence-electron chi connectivity index (χ1n) is 4.97. The van der Waals surface area contributed by atoms with E-state index in [4.69, 9.17) is 5.73 Å². The minimum atomic E-state index is -0.117. The Kier molecular flexibility index (Phi) is 2.63. The Balaban J connectivity index is 1.97. The summed E-state index contributed by atoms with van der Waals surface area (Å²) in [4.78, 5) is 13.0. The van der Waals surface area contributed by atoms with E-state index in [1.165, 1.54) is 4.80 Å². The molecule has 1 heterocycles. The number of nitrogens with one attached hydrogen (secondary N) is 1. The molecule has 7 heteroatoms. The van der Waals surface area contributed by atoms with Crippen LogP contribution in [0, 0.1) is 5.92 Å². The molecule has 7 nitrogen and oxygen atoms in total. The van der Waals surface area contributed by atoms with Gasteiger partial charge < -0.3 is 5.73 Å². The quantitative estimate of drug-likeness (QED) is 0.671. The monoisotopic (exact) mass is 210 g/mol. The van der Waals surface area contributed by atoms with Crippen molar-refractivity contribution in [2.75, 3.05) is 5.32 Å². The zero-order valence-corrected chi connectivity index (χ0v) is 8.55. The number of anilines is 1. The third-order valence-corrected chi connectivity index (χ3v) is 2.65. The lowest BCUT2D eigenvalue weighted by Crippen LogP contribution is -2.34. The van der Waals surface area contributed by atoms with Gasteiger partial charge in [-0.3, -0.25) is 10.1 Å². The number of hydrogen-bond donors (Lipinski definition) is 2. The highest BCUT2D eigenvalue weighted by atomic mass is 16.2. The van der Waals surface area contributed by atoms with Gasteiger partial charge >= 0.3 is 0 Å². The summed E-state index contributed by atoms with van der Waals surface area (Å²) in [7, 11) is 1.64. The van der Waals surface area contributed by atoms with Crippen LogP contribution in [0.2, 0.25) is 0 Å². The zero-order chi connectivity index (χ0) is 10.8. The van der Waals surface area contributed by atoms with Gasteiger partial charge in [0.25, 0.3) is 5.95 Å². The van der Waals surface area contributed by atoms with E-state index in [1.807, 2.05) is 0 Å². The van der Waals surface area contributed by atoms with E-state index in [1.54, 1.807) is 7.05 Å². The van der Waals surface area contributed by atoms with E-state index >= 15 is 0 Å². The van der Waals surface area contributed by atoms with E-state index in [0.29, 0.717) is 0 Å². The second-order valence-corrected chi connectivity index (χ2v) is 3.79. The largest absolute Gasteiger partial charge is 0.327 e. The molecule has 0 radical (unpaired) electrons. The zero-order valence-electron chi connectivity index (χ0n) is 8.55. The van der Waals surface area contributed by atoms with Crippen molar-refractivity contribution in [1.82, 2.24) is 20.2 Å². The van der Waals surface area contributed by atoms with Crippen LogP contribution in [0.4, 0.5) is 5.95 Å². The summed E-state index contributed by atoms with van der Waals surface area (Å²) < 4.78 is 0. The van der Waals surface area contributed by atoms with Gasteiger partial charge in [0.1, 0.15) is 0 Å². The number of nitrogens with zero attached hydrogens (tertiary/aromatic N) is 4. The third kappa shape index (κ3) is 2.12. The van der Waals surface area contributed by atoms with E-state index in [-0.39, 0.29) is 23.8 Å². The molecule has 0 aromatic carbocycles. The summed E-state index contributed by atoms with van der Waals surface area (Å²) in [5.41, 5.74) is 5.82. The Labute approximate surface area is 87.0 Å². The lowest BCUT2D eigenvalue weighted by molar-refractivity contribution is -0.120. The van der Waals surface area contributed by atoms with E-state index in [9.17, 15) is 4.79 Å². The molecule has 1 saturated carbocycles. The molecule has 1 aromatic heterocycles. The fraction of sp³-hybridized carbons (Fsp3) is 0.750. The molecule has 0 spiro atoms. The molecule has 1 aromatic rings. The fourth-order valence-electron chi connectivity index (χ4n) is 1.85. The predicted octanol–water partition coefficient (Wildman–Crippen LogP) is -0.724. The van der Waals surface area contributed by atoms with Crippen molar-refractivity contribution in [3.05, 3.63) is 0 Å². The second-order valence-electron chi connectivity index (χ2n) is 3.79. The number of rotatable bonds is 2. The Morgan fingerprint density at radius 3 is 2.93 bits per heavy atom. The van der Waals surface area contributed by atoms with Gasteiger partial charge in [-0.15, -0.1) is 5.10 Å². The lowest BCUT2D eigenvalue weighted by Gasteiger charge is -2.12. The Bertz CT molecular complexity index is 362. The SMILES string of the molecule is Cn1nnc(NC(=O)C2CCCC2N)n1. The summed E-state index contributed by atoms with van der Waals surface area (Å²) in [6.07, 6.45) is 2.76. The molecule has 1 aliphatic carbocycles. The van der Waals surface area contributed by atoms with E-state index < -0.39 is 0 Å². The Hall–Kier alpha value is -1.50. The number of tetrazole rings is 1. The van der Waals surface area contributed by atoms with Gasteiger partial charge in [-0.05, 0) is 18.1 Å². The van der Waals surface area contributed by atoms with Gasteiger partial charge in [-0.2, -0.15) is 4.80 Å². The molecule has 2 atom stereocenters. The first-order chi connectivity index (χ1) is 7.16. The molecule has 2 rings (SSSR count). The van der Waals surface area contributed by atoms with Crippen LogP contribution in [0.3, 0.4) is 0 Å². The lowest BCUT2D eigenvalue weighted by atomic mass is 10.0. The molecule has 0 aliphatic heterocycles. The second kappa shape index (κ2) is 3.93. The highest BCUT2D eigenvalue weighted by molar-refractivity contribution is 5.91. The summed E-state index contributed by atoms with van der Waals surface area (Å²) in [6.45, 7) is 0. The number of carbonyl (C=O) groups excluding carboxylic acids is 1. The maximum atomic E-state index is 11.7. The van der Waals surface area contributed by atoms with Crippen molar-refractivity contribution >= 4 is 11.9 Å². The van der Waals surface area contributed by atoms with Gasteiger partial charge in [0, 0.05) is 6.04 Å². The minimum absolute atomic E-state index is 0.0401. The molecule has 1 amide bonds. The molecule has 1 aliphatic rings. The topological polar surface area (TPSA) is 98.7 Å². The summed E-state index contributed by atoms with van der Waals surface area (Å²) >= 11 is 0. The molecule has 3 N–H and O–H groups in total. The predicted molar refractivity (Wildman–Crippen MR) is 52.7 cm³/mol. The van der Waals surface area contributed by atoms with Gasteiger partial charge in [0.05, 0.1) is 13.0 Å². The first-order valence-corrected chi connectivity index (χ1v) is 4.97. The van der Waals surface area contributed by atoms with Crippen molar-refractivity contribution in [3.63, 3.8) is 0 Å². The van der Waals surface area contributed by atoms with Gasteiger partial charge in [-0.25, -0.2) is 0 Å². The molecule has 82 valence electrons. The van der Waals surface area contributed by atoms with Crippen molar-refractivity contribution < 1.29 is 4.79 Å². The van der Waals surface area contributed by atoms with Gasteiger partial charge in [-0.1, -0.05) is 11.5 Å².